The number of hydrogen-bond donors (Lipinski definition) is 3. The first-order valence-corrected chi connectivity index (χ1v) is 17.0. The molecule has 0 radical (unpaired) electrons. The van der Waals surface area contributed by atoms with E-state index in [-0.39, 0.29) is 16.9 Å². The van der Waals surface area contributed by atoms with Gasteiger partial charge in [0.25, 0.3) is 0 Å². The zero-order valence-electron chi connectivity index (χ0n) is 27.3. The van der Waals surface area contributed by atoms with Gasteiger partial charge in [-0.05, 0) is 60.0 Å². The van der Waals surface area contributed by atoms with Crippen LogP contribution in [-0.4, -0.2) is 63.0 Å². The third kappa shape index (κ3) is 7.60. The van der Waals surface area contributed by atoms with Crippen molar-refractivity contribution in [2.24, 2.45) is 0 Å². The SMILES string of the molecule is COc1c(NC(=O)Nc2ccc(-c3ccc(CN4CCOCC4)nc3)c3ccccc23)cc(C(C)(C)C)cc1NS(=O)(=O)C(C)C. The molecule has 0 saturated carbocycles. The normalized spacial score (nSPS) is 14.3. The summed E-state index contributed by atoms with van der Waals surface area (Å²) in [7, 11) is -2.23. The van der Waals surface area contributed by atoms with Crippen LogP contribution < -0.4 is 20.1 Å². The number of benzene rings is 3. The number of urea groups is 1. The van der Waals surface area contributed by atoms with Crippen LogP contribution in [0.4, 0.5) is 21.9 Å². The lowest BCUT2D eigenvalue weighted by molar-refractivity contribution is 0.0336. The van der Waals surface area contributed by atoms with Crippen LogP contribution in [0, 0.1) is 0 Å². The van der Waals surface area contributed by atoms with Crippen molar-refractivity contribution in [2.75, 3.05) is 48.8 Å². The number of amides is 2. The van der Waals surface area contributed by atoms with Crippen molar-refractivity contribution in [1.29, 1.82) is 0 Å². The van der Waals surface area contributed by atoms with Crippen LogP contribution >= 0.6 is 0 Å². The number of ether oxygens (including phenoxy) is 2. The fraction of sp³-hybridized carbons (Fsp3) is 0.371. The standard InChI is InChI=1S/C35H43N5O5S/c1-23(2)46(42,43)39-32-20-25(35(3,4)5)19-31(33(32)44-6)38-34(41)37-30-14-13-27(28-9-7-8-10-29(28)30)24-11-12-26(36-21-24)22-40-15-17-45-18-16-40/h7-14,19-21,23,39H,15-18,22H2,1-6H3,(H2,37,38,41). The van der Waals surface area contributed by atoms with Crippen LogP contribution in [0.2, 0.25) is 0 Å². The second kappa shape index (κ2) is 13.7. The van der Waals surface area contributed by atoms with E-state index in [9.17, 15) is 13.2 Å². The van der Waals surface area contributed by atoms with Gasteiger partial charge in [-0.1, -0.05) is 57.2 Å². The maximum absolute atomic E-state index is 13.5. The number of fused-ring (bicyclic) bond motifs is 1. The molecule has 1 saturated heterocycles. The Labute approximate surface area is 271 Å². The lowest BCUT2D eigenvalue weighted by Crippen LogP contribution is -2.35. The van der Waals surface area contributed by atoms with Crippen molar-refractivity contribution in [3.63, 3.8) is 0 Å². The third-order valence-electron chi connectivity index (χ3n) is 8.08. The zero-order valence-corrected chi connectivity index (χ0v) is 28.1. The van der Waals surface area contributed by atoms with Crippen molar-refractivity contribution in [3.05, 3.63) is 78.1 Å². The first-order valence-electron chi connectivity index (χ1n) is 15.4. The van der Waals surface area contributed by atoms with E-state index in [1.54, 1.807) is 19.9 Å². The van der Waals surface area contributed by atoms with Crippen molar-refractivity contribution < 1.29 is 22.7 Å². The van der Waals surface area contributed by atoms with E-state index < -0.39 is 21.3 Å². The Kier molecular flexibility index (Phi) is 9.85. The van der Waals surface area contributed by atoms with Gasteiger partial charge in [-0.3, -0.25) is 14.6 Å². The lowest BCUT2D eigenvalue weighted by Gasteiger charge is -2.26. The number of aromatic nitrogens is 1. The number of nitrogens with zero attached hydrogens (tertiary/aromatic N) is 2. The fourth-order valence-electron chi connectivity index (χ4n) is 5.32. The van der Waals surface area contributed by atoms with Gasteiger partial charge < -0.3 is 20.1 Å². The van der Waals surface area contributed by atoms with Gasteiger partial charge in [0.15, 0.2) is 5.75 Å². The molecule has 11 heteroatoms. The average molecular weight is 646 g/mol. The molecular weight excluding hydrogens is 602 g/mol. The summed E-state index contributed by atoms with van der Waals surface area (Å²) in [5, 5.41) is 7.07. The molecule has 1 fully saturated rings. The van der Waals surface area contributed by atoms with E-state index in [2.05, 4.69) is 32.4 Å². The fourth-order valence-corrected chi connectivity index (χ4v) is 6.02. The molecule has 10 nitrogen and oxygen atoms in total. The summed E-state index contributed by atoms with van der Waals surface area (Å²) in [4.78, 5) is 20.6. The number of methoxy groups -OCH3 is 1. The molecule has 0 spiro atoms. The molecule has 4 aromatic rings. The molecule has 2 heterocycles. The van der Waals surface area contributed by atoms with Gasteiger partial charge in [0.2, 0.25) is 10.0 Å². The summed E-state index contributed by atoms with van der Waals surface area (Å²) < 4.78 is 39.3. The number of hydrogen-bond acceptors (Lipinski definition) is 7. The molecule has 0 aliphatic carbocycles. The van der Waals surface area contributed by atoms with Crippen LogP contribution in [0.5, 0.6) is 5.75 Å². The number of sulfonamides is 1. The smallest absolute Gasteiger partial charge is 0.323 e. The van der Waals surface area contributed by atoms with E-state index in [1.165, 1.54) is 7.11 Å². The lowest BCUT2D eigenvalue weighted by atomic mass is 9.86. The Morgan fingerprint density at radius 3 is 2.26 bits per heavy atom. The van der Waals surface area contributed by atoms with E-state index in [0.717, 1.165) is 66.0 Å². The van der Waals surface area contributed by atoms with Gasteiger partial charge >= 0.3 is 6.03 Å². The van der Waals surface area contributed by atoms with Crippen LogP contribution in [0.25, 0.3) is 21.9 Å². The van der Waals surface area contributed by atoms with Crippen molar-refractivity contribution in [2.45, 2.75) is 51.8 Å². The molecule has 0 bridgehead atoms. The molecule has 0 atom stereocenters. The number of carbonyl (C=O) groups excluding carboxylic acids is 1. The minimum Gasteiger partial charge on any atom is -0.492 e. The van der Waals surface area contributed by atoms with Gasteiger partial charge in [0.05, 0.1) is 48.3 Å². The summed E-state index contributed by atoms with van der Waals surface area (Å²) in [6.07, 6.45) is 1.90. The highest BCUT2D eigenvalue weighted by Gasteiger charge is 2.25. The van der Waals surface area contributed by atoms with E-state index in [0.29, 0.717) is 11.4 Å². The predicted molar refractivity (Wildman–Crippen MR) is 185 cm³/mol. The molecule has 3 N–H and O–H groups in total. The topological polar surface area (TPSA) is 122 Å². The Morgan fingerprint density at radius 2 is 1.63 bits per heavy atom. The molecule has 1 aromatic heterocycles. The second-order valence-electron chi connectivity index (χ2n) is 12.8. The van der Waals surface area contributed by atoms with Gasteiger partial charge in [-0.25, -0.2) is 13.2 Å². The number of anilines is 3. The van der Waals surface area contributed by atoms with E-state index >= 15 is 0 Å². The number of carbonyl (C=O) groups is 1. The molecule has 244 valence electrons. The number of pyridine rings is 1. The third-order valence-corrected chi connectivity index (χ3v) is 9.82. The highest BCUT2D eigenvalue weighted by Crippen LogP contribution is 2.40. The maximum atomic E-state index is 13.5. The van der Waals surface area contributed by atoms with Crippen LogP contribution in [0.1, 0.15) is 45.9 Å². The summed E-state index contributed by atoms with van der Waals surface area (Å²) >= 11 is 0. The first-order chi connectivity index (χ1) is 21.9. The van der Waals surface area contributed by atoms with Gasteiger partial charge in [-0.15, -0.1) is 0 Å². The number of morpholine rings is 1. The average Bonchev–Trinajstić information content (AvgIpc) is 3.01. The Hall–Kier alpha value is -4.19. The molecule has 3 aromatic carbocycles. The van der Waals surface area contributed by atoms with Crippen LogP contribution in [0.15, 0.2) is 66.9 Å². The second-order valence-corrected chi connectivity index (χ2v) is 15.0. The summed E-state index contributed by atoms with van der Waals surface area (Å²) in [6, 6.07) is 19.0. The van der Waals surface area contributed by atoms with Crippen molar-refractivity contribution >= 4 is 43.9 Å². The molecule has 46 heavy (non-hydrogen) atoms. The molecular formula is C35H43N5O5S. The Bertz CT molecular complexity index is 1810. The van der Waals surface area contributed by atoms with Gasteiger partial charge in [0.1, 0.15) is 0 Å². The quantitative estimate of drug-likeness (QED) is 0.182. The summed E-state index contributed by atoms with van der Waals surface area (Å²) in [6.45, 7) is 13.3. The predicted octanol–water partition coefficient (Wildman–Crippen LogP) is 6.83. The molecule has 1 aliphatic rings. The van der Waals surface area contributed by atoms with Gasteiger partial charge in [-0.2, -0.15) is 0 Å². The Balaban J connectivity index is 1.41. The first kappa shape index (κ1) is 33.2. The van der Waals surface area contributed by atoms with E-state index in [4.69, 9.17) is 14.5 Å². The minimum absolute atomic E-state index is 0.220. The largest absolute Gasteiger partial charge is 0.492 e. The summed E-state index contributed by atoms with van der Waals surface area (Å²) in [5.41, 5.74) is 4.72. The molecule has 5 rings (SSSR count). The number of nitrogens with one attached hydrogen (secondary N) is 3. The van der Waals surface area contributed by atoms with Crippen LogP contribution in [0.3, 0.4) is 0 Å². The van der Waals surface area contributed by atoms with Crippen LogP contribution in [-0.2, 0) is 26.7 Å². The molecule has 2 amide bonds. The Morgan fingerprint density at radius 1 is 0.957 bits per heavy atom. The molecule has 1 aliphatic heterocycles. The van der Waals surface area contributed by atoms with E-state index in [1.807, 2.05) is 69.4 Å². The highest BCUT2D eigenvalue weighted by atomic mass is 32.2. The van der Waals surface area contributed by atoms with Crippen molar-refractivity contribution in [1.82, 2.24) is 9.88 Å². The monoisotopic (exact) mass is 645 g/mol. The minimum atomic E-state index is -3.67. The number of rotatable bonds is 9. The highest BCUT2D eigenvalue weighted by molar-refractivity contribution is 7.93. The maximum Gasteiger partial charge on any atom is 0.323 e. The summed E-state index contributed by atoms with van der Waals surface area (Å²) in [5.74, 6) is 0.220. The van der Waals surface area contributed by atoms with Gasteiger partial charge in [0, 0.05) is 36.8 Å². The van der Waals surface area contributed by atoms with Crippen molar-refractivity contribution in [3.8, 4) is 16.9 Å². The molecule has 0 unspecified atom stereocenters. The zero-order chi connectivity index (χ0) is 33.1.